The number of benzene rings is 2. The average Bonchev–Trinajstić information content (AvgIpc) is 2.40. The highest BCUT2D eigenvalue weighted by atomic mass is 35.5. The molecule has 0 aliphatic heterocycles. The molecule has 2 aromatic carbocycles. The standard InChI is InChI=1S/C15H13Cl2F2N/c1-8-5-10(12(17)7-13(8)18)15(20-2)9-3-4-11(16)14(19)6-9/h3-7,15,20H,1-2H3. The van der Waals surface area contributed by atoms with E-state index in [1.165, 1.54) is 18.2 Å². The van der Waals surface area contributed by atoms with Crippen molar-refractivity contribution in [3.8, 4) is 0 Å². The van der Waals surface area contributed by atoms with Gasteiger partial charge in [-0.3, -0.25) is 0 Å². The van der Waals surface area contributed by atoms with E-state index in [0.717, 1.165) is 0 Å². The molecule has 106 valence electrons. The Labute approximate surface area is 126 Å². The van der Waals surface area contributed by atoms with E-state index in [0.29, 0.717) is 21.7 Å². The van der Waals surface area contributed by atoms with Crippen molar-refractivity contribution in [1.82, 2.24) is 5.32 Å². The zero-order valence-corrected chi connectivity index (χ0v) is 12.5. The average molecular weight is 316 g/mol. The van der Waals surface area contributed by atoms with Gasteiger partial charge in [-0.25, -0.2) is 8.78 Å². The number of hydrogen-bond donors (Lipinski definition) is 1. The third-order valence-corrected chi connectivity index (χ3v) is 3.79. The van der Waals surface area contributed by atoms with Crippen LogP contribution in [0.25, 0.3) is 0 Å². The number of halogens is 4. The predicted octanol–water partition coefficient (Wildman–Crippen LogP) is 4.89. The summed E-state index contributed by atoms with van der Waals surface area (Å²) in [4.78, 5) is 0. The fourth-order valence-corrected chi connectivity index (χ4v) is 2.47. The first-order chi connectivity index (χ1) is 9.43. The lowest BCUT2D eigenvalue weighted by Crippen LogP contribution is -2.18. The van der Waals surface area contributed by atoms with Crippen molar-refractivity contribution < 1.29 is 8.78 Å². The molecule has 0 aromatic heterocycles. The highest BCUT2D eigenvalue weighted by Gasteiger charge is 2.18. The van der Waals surface area contributed by atoms with Gasteiger partial charge in [0.2, 0.25) is 0 Å². The lowest BCUT2D eigenvalue weighted by Gasteiger charge is -2.19. The summed E-state index contributed by atoms with van der Waals surface area (Å²) in [7, 11) is 1.73. The van der Waals surface area contributed by atoms with Crippen LogP contribution in [0, 0.1) is 18.6 Å². The van der Waals surface area contributed by atoms with E-state index in [2.05, 4.69) is 5.32 Å². The summed E-state index contributed by atoms with van der Waals surface area (Å²) in [6, 6.07) is 7.13. The summed E-state index contributed by atoms with van der Waals surface area (Å²) in [5.41, 5.74) is 1.84. The molecule has 0 spiro atoms. The van der Waals surface area contributed by atoms with Gasteiger partial charge in [-0.1, -0.05) is 29.3 Å². The molecule has 0 heterocycles. The second-order valence-corrected chi connectivity index (χ2v) is 5.33. The van der Waals surface area contributed by atoms with Crippen molar-refractivity contribution in [3.05, 3.63) is 68.7 Å². The van der Waals surface area contributed by atoms with Gasteiger partial charge < -0.3 is 5.32 Å². The van der Waals surface area contributed by atoms with Crippen LogP contribution in [0.5, 0.6) is 0 Å². The minimum absolute atomic E-state index is 0.0602. The van der Waals surface area contributed by atoms with Crippen LogP contribution in [-0.2, 0) is 0 Å². The van der Waals surface area contributed by atoms with Crippen LogP contribution in [0.15, 0.2) is 30.3 Å². The van der Waals surface area contributed by atoms with Gasteiger partial charge in [-0.15, -0.1) is 0 Å². The Balaban J connectivity index is 2.52. The first kappa shape index (κ1) is 15.2. The van der Waals surface area contributed by atoms with Crippen LogP contribution in [0.2, 0.25) is 10.0 Å². The van der Waals surface area contributed by atoms with Gasteiger partial charge >= 0.3 is 0 Å². The minimum atomic E-state index is -0.501. The molecule has 0 aliphatic rings. The zero-order chi connectivity index (χ0) is 14.9. The molecule has 0 amide bonds. The maximum Gasteiger partial charge on any atom is 0.142 e. The van der Waals surface area contributed by atoms with Gasteiger partial charge in [0, 0.05) is 5.02 Å². The monoisotopic (exact) mass is 315 g/mol. The second-order valence-electron chi connectivity index (χ2n) is 4.52. The molecule has 2 rings (SSSR count). The van der Waals surface area contributed by atoms with Crippen LogP contribution in [0.1, 0.15) is 22.7 Å². The normalized spacial score (nSPS) is 12.5. The number of rotatable bonds is 3. The molecule has 1 atom stereocenters. The van der Waals surface area contributed by atoms with Crippen molar-refractivity contribution >= 4 is 23.2 Å². The summed E-state index contributed by atoms with van der Waals surface area (Å²) in [5, 5.41) is 3.41. The summed E-state index contributed by atoms with van der Waals surface area (Å²) < 4.78 is 27.0. The summed E-state index contributed by atoms with van der Waals surface area (Å²) in [6.45, 7) is 1.66. The Hall–Kier alpha value is -1.16. The highest BCUT2D eigenvalue weighted by molar-refractivity contribution is 6.31. The third-order valence-electron chi connectivity index (χ3n) is 3.15. The van der Waals surface area contributed by atoms with Crippen LogP contribution in [-0.4, -0.2) is 7.05 Å². The van der Waals surface area contributed by atoms with E-state index in [1.54, 1.807) is 26.1 Å². The van der Waals surface area contributed by atoms with E-state index >= 15 is 0 Å². The molecule has 1 N–H and O–H groups in total. The van der Waals surface area contributed by atoms with Crippen molar-refractivity contribution in [2.45, 2.75) is 13.0 Å². The van der Waals surface area contributed by atoms with Gasteiger partial charge in [-0.05, 0) is 54.9 Å². The van der Waals surface area contributed by atoms with Crippen LogP contribution < -0.4 is 5.32 Å². The Morgan fingerprint density at radius 1 is 1.00 bits per heavy atom. The Bertz CT molecular complexity index is 644. The SMILES string of the molecule is CNC(c1ccc(Cl)c(F)c1)c1cc(C)c(F)cc1Cl. The van der Waals surface area contributed by atoms with Crippen molar-refractivity contribution in [2.24, 2.45) is 0 Å². The van der Waals surface area contributed by atoms with Crippen LogP contribution in [0.4, 0.5) is 8.78 Å². The summed E-state index contributed by atoms with van der Waals surface area (Å²) in [6.07, 6.45) is 0. The highest BCUT2D eigenvalue weighted by Crippen LogP contribution is 2.31. The maximum absolute atomic E-state index is 13.6. The minimum Gasteiger partial charge on any atom is -0.309 e. The number of hydrogen-bond acceptors (Lipinski definition) is 1. The second kappa shape index (κ2) is 6.08. The molecule has 0 aliphatic carbocycles. The maximum atomic E-state index is 13.6. The smallest absolute Gasteiger partial charge is 0.142 e. The lowest BCUT2D eigenvalue weighted by atomic mass is 9.97. The van der Waals surface area contributed by atoms with Gasteiger partial charge in [-0.2, -0.15) is 0 Å². The van der Waals surface area contributed by atoms with Crippen LogP contribution >= 0.6 is 23.2 Å². The van der Waals surface area contributed by atoms with E-state index < -0.39 is 5.82 Å². The van der Waals surface area contributed by atoms with Crippen molar-refractivity contribution in [2.75, 3.05) is 7.05 Å². The first-order valence-corrected chi connectivity index (χ1v) is 6.77. The molecule has 0 bridgehead atoms. The molecule has 1 nitrogen and oxygen atoms in total. The molecule has 2 aromatic rings. The molecule has 0 fully saturated rings. The molecule has 0 saturated carbocycles. The number of nitrogens with one attached hydrogen (secondary N) is 1. The van der Waals surface area contributed by atoms with Crippen LogP contribution in [0.3, 0.4) is 0 Å². The molecule has 20 heavy (non-hydrogen) atoms. The zero-order valence-electron chi connectivity index (χ0n) is 11.0. The summed E-state index contributed by atoms with van der Waals surface area (Å²) in [5.74, 6) is -0.865. The predicted molar refractivity (Wildman–Crippen MR) is 78.5 cm³/mol. The topological polar surface area (TPSA) is 12.0 Å². The fourth-order valence-electron chi connectivity index (χ4n) is 2.09. The summed E-state index contributed by atoms with van der Waals surface area (Å²) >= 11 is 11.8. The molecule has 5 heteroatoms. The van der Waals surface area contributed by atoms with Crippen molar-refractivity contribution in [1.29, 1.82) is 0 Å². The number of aryl methyl sites for hydroxylation is 1. The Morgan fingerprint density at radius 2 is 1.70 bits per heavy atom. The molecule has 0 saturated heterocycles. The first-order valence-electron chi connectivity index (χ1n) is 6.01. The fraction of sp³-hybridized carbons (Fsp3) is 0.200. The molecular weight excluding hydrogens is 303 g/mol. The van der Waals surface area contributed by atoms with Gasteiger partial charge in [0.1, 0.15) is 11.6 Å². The Kier molecular flexibility index (Phi) is 4.63. The van der Waals surface area contributed by atoms with Gasteiger partial charge in [0.05, 0.1) is 11.1 Å². The molecule has 1 unspecified atom stereocenters. The van der Waals surface area contributed by atoms with Gasteiger partial charge in [0.15, 0.2) is 0 Å². The molecular formula is C15H13Cl2F2N. The van der Waals surface area contributed by atoms with Gasteiger partial charge in [0.25, 0.3) is 0 Å². The van der Waals surface area contributed by atoms with E-state index in [9.17, 15) is 8.78 Å². The van der Waals surface area contributed by atoms with E-state index in [4.69, 9.17) is 23.2 Å². The van der Waals surface area contributed by atoms with E-state index in [-0.39, 0.29) is 16.9 Å². The quantitative estimate of drug-likeness (QED) is 0.850. The van der Waals surface area contributed by atoms with Crippen molar-refractivity contribution in [3.63, 3.8) is 0 Å². The Morgan fingerprint density at radius 3 is 2.30 bits per heavy atom. The largest absolute Gasteiger partial charge is 0.309 e. The third kappa shape index (κ3) is 2.95. The van der Waals surface area contributed by atoms with E-state index in [1.807, 2.05) is 0 Å². The lowest BCUT2D eigenvalue weighted by molar-refractivity contribution is 0.609. The molecule has 0 radical (unpaired) electrons.